The number of aliphatic hydroxyl groups excluding tert-OH is 3. The summed E-state index contributed by atoms with van der Waals surface area (Å²) in [5.41, 5.74) is 14.6. The van der Waals surface area contributed by atoms with Gasteiger partial charge in [0.05, 0.1) is 12.8 Å². The van der Waals surface area contributed by atoms with Gasteiger partial charge in [-0.1, -0.05) is 0 Å². The van der Waals surface area contributed by atoms with Crippen LogP contribution in [0, 0.1) is 0 Å². The van der Waals surface area contributed by atoms with Crippen molar-refractivity contribution in [1.29, 1.82) is 0 Å². The molecule has 2 atom stereocenters. The SMILES string of the molecule is NC(=S)NN=CC(=NNC(N)=S)C(O)C(O)CO.[Pd]. The Kier molecular flexibility index (Phi) is 12.0. The Morgan fingerprint density at radius 2 is 1.74 bits per heavy atom. The number of hydrazone groups is 2. The van der Waals surface area contributed by atoms with E-state index in [9.17, 15) is 10.2 Å². The van der Waals surface area contributed by atoms with E-state index in [1.54, 1.807) is 0 Å². The summed E-state index contributed by atoms with van der Waals surface area (Å²) in [6.45, 7) is -0.663. The molecule has 0 spiro atoms. The first-order valence-electron chi connectivity index (χ1n) is 4.57. The third-order valence-electron chi connectivity index (χ3n) is 1.52. The predicted octanol–water partition coefficient (Wildman–Crippen LogP) is -3.29. The Hall–Kier alpha value is -0.738. The molecule has 2 unspecified atom stereocenters. The molecule has 0 aliphatic carbocycles. The van der Waals surface area contributed by atoms with Crippen molar-refractivity contribution in [3.05, 3.63) is 0 Å². The van der Waals surface area contributed by atoms with E-state index in [-0.39, 0.29) is 36.4 Å². The first-order chi connectivity index (χ1) is 8.38. The van der Waals surface area contributed by atoms with Gasteiger partial charge in [0, 0.05) is 20.4 Å². The summed E-state index contributed by atoms with van der Waals surface area (Å²) in [7, 11) is 0. The number of nitrogens with one attached hydrogen (secondary N) is 2. The van der Waals surface area contributed by atoms with Crippen LogP contribution in [0.15, 0.2) is 10.2 Å². The third kappa shape index (κ3) is 9.79. The molecule has 0 aliphatic rings. The van der Waals surface area contributed by atoms with Gasteiger partial charge in [0.15, 0.2) is 10.2 Å². The van der Waals surface area contributed by atoms with Crippen molar-refractivity contribution in [2.45, 2.75) is 12.2 Å². The van der Waals surface area contributed by atoms with Crippen LogP contribution in [0.3, 0.4) is 0 Å². The van der Waals surface area contributed by atoms with Crippen LogP contribution in [0.25, 0.3) is 0 Å². The first-order valence-corrected chi connectivity index (χ1v) is 5.38. The maximum atomic E-state index is 9.61. The largest absolute Gasteiger partial charge is 0.394 e. The van der Waals surface area contributed by atoms with Gasteiger partial charge in [0.25, 0.3) is 0 Å². The monoisotopic (exact) mass is 400 g/mol. The second-order valence-electron chi connectivity index (χ2n) is 2.94. The standard InChI is InChI=1S/C7H14N6O3S2.Pd/c8-6(17)12-10-1-3(11-13-7(9)18)5(16)4(15)2-14;/h1,4-5,14-16H,2H2,(H3,8,12,17)(H3,9,13,18);. The van der Waals surface area contributed by atoms with Gasteiger partial charge in [-0.25, -0.2) is 0 Å². The van der Waals surface area contributed by atoms with E-state index in [1.165, 1.54) is 0 Å². The molecule has 0 fully saturated rings. The average Bonchev–Trinajstić information content (AvgIpc) is 2.30. The number of aliphatic hydroxyl groups is 3. The molecule has 0 rings (SSSR count). The zero-order valence-corrected chi connectivity index (χ0v) is 12.7. The van der Waals surface area contributed by atoms with Crippen LogP contribution in [0.1, 0.15) is 0 Å². The Bertz CT molecular complexity index is 367. The smallest absolute Gasteiger partial charge is 0.184 e. The van der Waals surface area contributed by atoms with Crippen molar-refractivity contribution in [2.24, 2.45) is 21.7 Å². The molecular weight excluding hydrogens is 387 g/mol. The second kappa shape index (κ2) is 11.1. The summed E-state index contributed by atoms with van der Waals surface area (Å²) < 4.78 is 0. The van der Waals surface area contributed by atoms with Crippen LogP contribution >= 0.6 is 24.4 Å². The van der Waals surface area contributed by atoms with E-state index in [1.807, 2.05) is 0 Å². The zero-order valence-electron chi connectivity index (χ0n) is 9.46. The predicted molar refractivity (Wildman–Crippen MR) is 74.9 cm³/mol. The quantitative estimate of drug-likeness (QED) is 0.105. The fraction of sp³-hybridized carbons (Fsp3) is 0.429. The van der Waals surface area contributed by atoms with Crippen LogP contribution in [-0.4, -0.2) is 56.3 Å². The van der Waals surface area contributed by atoms with Gasteiger partial charge < -0.3 is 26.8 Å². The zero-order chi connectivity index (χ0) is 14.1. The van der Waals surface area contributed by atoms with Crippen molar-refractivity contribution in [2.75, 3.05) is 6.61 Å². The number of hydrogen-bond donors (Lipinski definition) is 7. The molecule has 9 N–H and O–H groups in total. The summed E-state index contributed by atoms with van der Waals surface area (Å²) in [4.78, 5) is 0. The Morgan fingerprint density at radius 3 is 2.16 bits per heavy atom. The second-order valence-corrected chi connectivity index (χ2v) is 3.82. The fourth-order valence-electron chi connectivity index (χ4n) is 0.750. The first kappa shape index (κ1) is 20.6. The maximum Gasteiger partial charge on any atom is 0.184 e. The molecule has 0 heterocycles. The molecule has 0 aromatic heterocycles. The minimum absolute atomic E-state index is 0. The molecule has 9 nitrogen and oxygen atoms in total. The van der Waals surface area contributed by atoms with Crippen molar-refractivity contribution >= 4 is 46.6 Å². The Labute approximate surface area is 133 Å². The minimum Gasteiger partial charge on any atom is -0.394 e. The van der Waals surface area contributed by atoms with Gasteiger partial charge in [-0.3, -0.25) is 10.9 Å². The minimum atomic E-state index is -1.49. The molecule has 0 aliphatic heterocycles. The van der Waals surface area contributed by atoms with Crippen LogP contribution in [-0.2, 0) is 20.4 Å². The number of rotatable bonds is 6. The Morgan fingerprint density at radius 1 is 1.21 bits per heavy atom. The molecular formula is C7H14N6O3PdS2. The molecule has 0 saturated carbocycles. The van der Waals surface area contributed by atoms with E-state index in [0.29, 0.717) is 0 Å². The van der Waals surface area contributed by atoms with Crippen molar-refractivity contribution in [3.8, 4) is 0 Å². The number of hydrogen-bond acceptors (Lipinski definition) is 7. The van der Waals surface area contributed by atoms with E-state index in [4.69, 9.17) is 16.6 Å². The summed E-state index contributed by atoms with van der Waals surface area (Å²) in [5, 5.41) is 34.5. The molecule has 19 heavy (non-hydrogen) atoms. The van der Waals surface area contributed by atoms with Gasteiger partial charge in [-0.05, 0) is 24.4 Å². The summed E-state index contributed by atoms with van der Waals surface area (Å²) in [5.74, 6) is 0. The van der Waals surface area contributed by atoms with Crippen LogP contribution in [0.2, 0.25) is 0 Å². The van der Waals surface area contributed by atoms with Crippen molar-refractivity contribution in [1.82, 2.24) is 10.9 Å². The fourth-order valence-corrected chi connectivity index (χ4v) is 0.848. The number of nitrogens with two attached hydrogens (primary N) is 2. The maximum absolute atomic E-state index is 9.61. The van der Waals surface area contributed by atoms with Gasteiger partial charge >= 0.3 is 0 Å². The third-order valence-corrected chi connectivity index (χ3v) is 1.70. The molecule has 0 bridgehead atoms. The van der Waals surface area contributed by atoms with Gasteiger partial charge in [0.1, 0.15) is 17.9 Å². The number of nitrogens with zero attached hydrogens (tertiary/aromatic N) is 2. The van der Waals surface area contributed by atoms with Crippen LogP contribution in [0.5, 0.6) is 0 Å². The van der Waals surface area contributed by atoms with Crippen molar-refractivity contribution in [3.63, 3.8) is 0 Å². The molecule has 0 radical (unpaired) electrons. The Balaban J connectivity index is 0. The van der Waals surface area contributed by atoms with Gasteiger partial charge in [0.2, 0.25) is 0 Å². The van der Waals surface area contributed by atoms with Crippen LogP contribution < -0.4 is 22.3 Å². The van der Waals surface area contributed by atoms with E-state index in [2.05, 4.69) is 45.5 Å². The normalized spacial score (nSPS) is 14.4. The summed E-state index contributed by atoms with van der Waals surface area (Å²) in [6.07, 6.45) is -1.89. The van der Waals surface area contributed by atoms with E-state index < -0.39 is 18.8 Å². The molecule has 0 saturated heterocycles. The summed E-state index contributed by atoms with van der Waals surface area (Å²) in [6, 6.07) is 0. The number of thiocarbonyl (C=S) groups is 2. The summed E-state index contributed by atoms with van der Waals surface area (Å²) >= 11 is 9.01. The molecule has 0 amide bonds. The molecule has 0 aromatic rings. The molecule has 12 heteroatoms. The molecule has 0 aromatic carbocycles. The van der Waals surface area contributed by atoms with E-state index >= 15 is 0 Å². The van der Waals surface area contributed by atoms with Crippen LogP contribution in [0.4, 0.5) is 0 Å². The van der Waals surface area contributed by atoms with Gasteiger partial charge in [-0.15, -0.1) is 0 Å². The average molecular weight is 401 g/mol. The van der Waals surface area contributed by atoms with Crippen molar-refractivity contribution < 1.29 is 35.7 Å². The van der Waals surface area contributed by atoms with E-state index in [0.717, 1.165) is 6.21 Å². The topological polar surface area (TPSA) is 162 Å². The molecule has 112 valence electrons. The van der Waals surface area contributed by atoms with Gasteiger partial charge in [-0.2, -0.15) is 10.2 Å².